The number of hydrogen-bond acceptors (Lipinski definition) is 5. The van der Waals surface area contributed by atoms with Gasteiger partial charge in [-0.3, -0.25) is 4.90 Å². The predicted octanol–water partition coefficient (Wildman–Crippen LogP) is 0.755. The van der Waals surface area contributed by atoms with Crippen LogP contribution < -0.4 is 15.8 Å². The summed E-state index contributed by atoms with van der Waals surface area (Å²) in [5.41, 5.74) is 7.81. The number of nitrogens with two attached hydrogens (primary N) is 2. The molecule has 0 amide bonds. The van der Waals surface area contributed by atoms with Crippen LogP contribution in [0.1, 0.15) is 19.4 Å². The minimum Gasteiger partial charge on any atom is -0.399 e. The molecular formula is C14H24N4O2S. The molecule has 1 aliphatic heterocycles. The molecule has 1 fully saturated rings. The van der Waals surface area contributed by atoms with E-state index in [9.17, 15) is 8.42 Å². The maximum absolute atomic E-state index is 11.7. The molecule has 1 aromatic carbocycles. The number of sulfonamides is 1. The number of nitrogens with zero attached hydrogens (tertiary/aromatic N) is 2. The number of anilines is 2. The van der Waals surface area contributed by atoms with Crippen molar-refractivity contribution < 1.29 is 8.42 Å². The van der Waals surface area contributed by atoms with E-state index >= 15 is 0 Å². The minimum atomic E-state index is -3.76. The SMILES string of the molecule is Cc1c(N2CCN(C(C)C)CC2)cc(N)cc1S(N)(=O)=O. The van der Waals surface area contributed by atoms with E-state index in [1.807, 2.05) is 6.07 Å². The molecule has 0 bridgehead atoms. The Hall–Kier alpha value is -1.31. The molecule has 1 saturated heterocycles. The Labute approximate surface area is 126 Å². The van der Waals surface area contributed by atoms with E-state index in [1.54, 1.807) is 6.92 Å². The Morgan fingerprint density at radius 2 is 1.71 bits per heavy atom. The summed E-state index contributed by atoms with van der Waals surface area (Å²) in [6.07, 6.45) is 0. The second-order valence-electron chi connectivity index (χ2n) is 5.82. The quantitative estimate of drug-likeness (QED) is 0.804. The van der Waals surface area contributed by atoms with Gasteiger partial charge in [-0.15, -0.1) is 0 Å². The van der Waals surface area contributed by atoms with Crippen LogP contribution in [0.4, 0.5) is 11.4 Å². The Morgan fingerprint density at radius 1 is 1.14 bits per heavy atom. The molecule has 1 heterocycles. The third-order valence-electron chi connectivity index (χ3n) is 4.05. The Morgan fingerprint density at radius 3 is 2.19 bits per heavy atom. The normalized spacial score (nSPS) is 17.5. The van der Waals surface area contributed by atoms with Crippen LogP contribution >= 0.6 is 0 Å². The molecule has 0 saturated carbocycles. The van der Waals surface area contributed by atoms with E-state index in [0.717, 1.165) is 31.9 Å². The van der Waals surface area contributed by atoms with Gasteiger partial charge >= 0.3 is 0 Å². The standard InChI is InChI=1S/C14H24N4O2S/c1-10(2)17-4-6-18(7-5-17)13-8-12(15)9-14(11(13)3)21(16,19)20/h8-10H,4-7,15H2,1-3H3,(H2,16,19,20). The van der Waals surface area contributed by atoms with Gasteiger partial charge < -0.3 is 10.6 Å². The summed E-state index contributed by atoms with van der Waals surface area (Å²) in [5, 5.41) is 5.28. The number of primary sulfonamides is 1. The maximum atomic E-state index is 11.7. The van der Waals surface area contributed by atoms with Crippen molar-refractivity contribution in [2.45, 2.75) is 31.7 Å². The van der Waals surface area contributed by atoms with Gasteiger partial charge in [-0.25, -0.2) is 13.6 Å². The van der Waals surface area contributed by atoms with Crippen molar-refractivity contribution in [3.05, 3.63) is 17.7 Å². The zero-order valence-electron chi connectivity index (χ0n) is 12.8. The van der Waals surface area contributed by atoms with Gasteiger partial charge in [0.1, 0.15) is 0 Å². The van der Waals surface area contributed by atoms with Crippen LogP contribution in [-0.4, -0.2) is 45.5 Å². The summed E-state index contributed by atoms with van der Waals surface area (Å²) < 4.78 is 23.4. The molecule has 0 radical (unpaired) electrons. The molecule has 0 unspecified atom stereocenters. The highest BCUT2D eigenvalue weighted by Crippen LogP contribution is 2.30. The third kappa shape index (κ3) is 3.48. The first-order valence-electron chi connectivity index (χ1n) is 7.12. The van der Waals surface area contributed by atoms with Crippen LogP contribution in [-0.2, 0) is 10.0 Å². The van der Waals surface area contributed by atoms with Gasteiger partial charge in [0.2, 0.25) is 10.0 Å². The molecule has 118 valence electrons. The fourth-order valence-corrected chi connectivity index (χ4v) is 3.63. The van der Waals surface area contributed by atoms with Gasteiger partial charge in [-0.05, 0) is 38.5 Å². The van der Waals surface area contributed by atoms with Crippen molar-refractivity contribution in [2.24, 2.45) is 5.14 Å². The molecule has 0 atom stereocenters. The zero-order chi connectivity index (χ0) is 15.8. The number of rotatable bonds is 3. The third-order valence-corrected chi connectivity index (χ3v) is 5.08. The second-order valence-corrected chi connectivity index (χ2v) is 7.35. The molecule has 0 spiro atoms. The Balaban J connectivity index is 2.32. The monoisotopic (exact) mass is 312 g/mol. The van der Waals surface area contributed by atoms with Crippen molar-refractivity contribution in [1.82, 2.24) is 4.90 Å². The van der Waals surface area contributed by atoms with E-state index in [2.05, 4.69) is 23.6 Å². The van der Waals surface area contributed by atoms with E-state index in [-0.39, 0.29) is 4.90 Å². The molecule has 1 aliphatic rings. The van der Waals surface area contributed by atoms with Gasteiger partial charge in [0.15, 0.2) is 0 Å². The van der Waals surface area contributed by atoms with E-state index in [0.29, 0.717) is 17.3 Å². The van der Waals surface area contributed by atoms with Crippen LogP contribution in [0.5, 0.6) is 0 Å². The summed E-state index contributed by atoms with van der Waals surface area (Å²) >= 11 is 0. The van der Waals surface area contributed by atoms with Gasteiger partial charge in [-0.2, -0.15) is 0 Å². The lowest BCUT2D eigenvalue weighted by atomic mass is 10.1. The van der Waals surface area contributed by atoms with Crippen molar-refractivity contribution in [3.63, 3.8) is 0 Å². The van der Waals surface area contributed by atoms with Crippen LogP contribution in [0.2, 0.25) is 0 Å². The highest BCUT2D eigenvalue weighted by Gasteiger charge is 2.23. The number of hydrogen-bond donors (Lipinski definition) is 2. The molecule has 2 rings (SSSR count). The number of piperazine rings is 1. The first-order valence-corrected chi connectivity index (χ1v) is 8.66. The van der Waals surface area contributed by atoms with Crippen LogP contribution in [0, 0.1) is 6.92 Å². The van der Waals surface area contributed by atoms with Crippen molar-refractivity contribution in [1.29, 1.82) is 0 Å². The molecule has 0 aromatic heterocycles. The van der Waals surface area contributed by atoms with Crippen molar-refractivity contribution in [2.75, 3.05) is 36.8 Å². The summed E-state index contributed by atoms with van der Waals surface area (Å²) in [6.45, 7) is 9.76. The molecule has 0 aliphatic carbocycles. The van der Waals surface area contributed by atoms with Gasteiger partial charge in [0.25, 0.3) is 0 Å². The highest BCUT2D eigenvalue weighted by molar-refractivity contribution is 7.89. The average Bonchev–Trinajstić information content (AvgIpc) is 2.40. The summed E-state index contributed by atoms with van der Waals surface area (Å²) in [4.78, 5) is 4.70. The fourth-order valence-electron chi connectivity index (χ4n) is 2.80. The largest absolute Gasteiger partial charge is 0.399 e. The number of benzene rings is 1. The van der Waals surface area contributed by atoms with E-state index in [4.69, 9.17) is 10.9 Å². The van der Waals surface area contributed by atoms with E-state index in [1.165, 1.54) is 6.07 Å². The molecule has 21 heavy (non-hydrogen) atoms. The maximum Gasteiger partial charge on any atom is 0.238 e. The second kappa shape index (κ2) is 5.82. The highest BCUT2D eigenvalue weighted by atomic mass is 32.2. The van der Waals surface area contributed by atoms with Crippen molar-refractivity contribution in [3.8, 4) is 0 Å². The Bertz CT molecular complexity index is 620. The fraction of sp³-hybridized carbons (Fsp3) is 0.571. The summed E-state index contributed by atoms with van der Waals surface area (Å²) in [6, 6.07) is 3.78. The Kier molecular flexibility index (Phi) is 4.46. The first-order chi connectivity index (χ1) is 9.70. The smallest absolute Gasteiger partial charge is 0.238 e. The van der Waals surface area contributed by atoms with Gasteiger partial charge in [-0.1, -0.05) is 0 Å². The number of nitrogen functional groups attached to an aromatic ring is 1. The zero-order valence-corrected chi connectivity index (χ0v) is 13.7. The minimum absolute atomic E-state index is 0.115. The predicted molar refractivity (Wildman–Crippen MR) is 85.9 cm³/mol. The molecular weight excluding hydrogens is 288 g/mol. The topological polar surface area (TPSA) is 92.7 Å². The summed E-state index contributed by atoms with van der Waals surface area (Å²) in [7, 11) is -3.76. The van der Waals surface area contributed by atoms with Gasteiger partial charge in [0, 0.05) is 43.6 Å². The van der Waals surface area contributed by atoms with Crippen LogP contribution in [0.15, 0.2) is 17.0 Å². The van der Waals surface area contributed by atoms with Gasteiger partial charge in [0.05, 0.1) is 4.90 Å². The molecule has 7 heteroatoms. The molecule has 1 aromatic rings. The molecule has 4 N–H and O–H groups in total. The lowest BCUT2D eigenvalue weighted by Crippen LogP contribution is -2.49. The lowest BCUT2D eigenvalue weighted by molar-refractivity contribution is 0.209. The van der Waals surface area contributed by atoms with E-state index < -0.39 is 10.0 Å². The van der Waals surface area contributed by atoms with Crippen molar-refractivity contribution >= 4 is 21.4 Å². The first kappa shape index (κ1) is 16.1. The molecule has 6 nitrogen and oxygen atoms in total. The van der Waals surface area contributed by atoms with Crippen LogP contribution in [0.3, 0.4) is 0 Å². The van der Waals surface area contributed by atoms with Crippen LogP contribution in [0.25, 0.3) is 0 Å². The average molecular weight is 312 g/mol. The lowest BCUT2D eigenvalue weighted by Gasteiger charge is -2.39. The summed E-state index contributed by atoms with van der Waals surface area (Å²) in [5.74, 6) is 0.